The number of aromatic amines is 1. The van der Waals surface area contributed by atoms with Gasteiger partial charge in [0.05, 0.1) is 14.2 Å². The Bertz CT molecular complexity index is 664. The van der Waals surface area contributed by atoms with Gasteiger partial charge in [-0.05, 0) is 41.6 Å². The fourth-order valence-electron chi connectivity index (χ4n) is 1.45. The average molecular weight is 357 g/mol. The minimum absolute atomic E-state index is 0.00308. The monoisotopic (exact) mass is 357 g/mol. The number of nitrogens with one attached hydrogen (secondary N) is 1. The van der Waals surface area contributed by atoms with E-state index in [0.29, 0.717) is 20.7 Å². The summed E-state index contributed by atoms with van der Waals surface area (Å²) in [7, 11) is 0. The lowest BCUT2D eigenvalue weighted by Gasteiger charge is -2.03. The Balaban J connectivity index is 2.49. The van der Waals surface area contributed by atoms with Crippen LogP contribution < -0.4 is 5.56 Å². The van der Waals surface area contributed by atoms with Gasteiger partial charge in [0.25, 0.3) is 11.2 Å². The number of non-ortho nitro benzene ring substituents is 1. The molecule has 0 bridgehead atoms. The minimum atomic E-state index is -0.473. The molecule has 0 unspecified atom stereocenters. The third kappa shape index (κ3) is 2.40. The van der Waals surface area contributed by atoms with Crippen LogP contribution in [0.2, 0.25) is 0 Å². The summed E-state index contributed by atoms with van der Waals surface area (Å²) < 4.78 is 0.540. The fourth-order valence-corrected chi connectivity index (χ4v) is 1.70. The molecule has 1 aromatic carbocycles. The van der Waals surface area contributed by atoms with Crippen LogP contribution in [0.4, 0.5) is 5.69 Å². The highest BCUT2D eigenvalue weighted by Crippen LogP contribution is 2.19. The molecule has 0 fully saturated rings. The highest BCUT2D eigenvalue weighted by atomic mass is 127. The summed E-state index contributed by atoms with van der Waals surface area (Å²) in [5.41, 5.74) is 1.06. The Morgan fingerprint density at radius 1 is 1.33 bits per heavy atom. The molecule has 0 atom stereocenters. The van der Waals surface area contributed by atoms with Crippen molar-refractivity contribution in [3.8, 4) is 11.4 Å². The molecule has 7 heteroatoms. The number of benzene rings is 1. The van der Waals surface area contributed by atoms with Crippen molar-refractivity contribution in [2.75, 3.05) is 0 Å². The van der Waals surface area contributed by atoms with Crippen molar-refractivity contribution in [1.82, 2.24) is 9.97 Å². The third-order valence-corrected chi connectivity index (χ3v) is 3.65. The Morgan fingerprint density at radius 2 is 1.94 bits per heavy atom. The lowest BCUT2D eigenvalue weighted by Crippen LogP contribution is -2.14. The smallest absolute Gasteiger partial charge is 0.269 e. The van der Waals surface area contributed by atoms with Crippen molar-refractivity contribution in [1.29, 1.82) is 0 Å². The number of nitrogens with zero attached hydrogens (tertiary/aromatic N) is 2. The molecule has 1 N–H and O–H groups in total. The van der Waals surface area contributed by atoms with Gasteiger partial charge in [-0.1, -0.05) is 0 Å². The first kappa shape index (κ1) is 12.7. The summed E-state index contributed by atoms with van der Waals surface area (Å²) in [6.45, 7) is 1.74. The van der Waals surface area contributed by atoms with Gasteiger partial charge in [-0.3, -0.25) is 14.9 Å². The molecule has 0 aliphatic carbocycles. The SMILES string of the molecule is Cc1nc(-c2ccc([N+](=O)[O-])cc2)[nH]c(=O)c1I. The number of H-pyrrole nitrogens is 1. The van der Waals surface area contributed by atoms with Crippen molar-refractivity contribution in [3.63, 3.8) is 0 Å². The van der Waals surface area contributed by atoms with E-state index in [9.17, 15) is 14.9 Å². The molecule has 0 radical (unpaired) electrons. The largest absolute Gasteiger partial charge is 0.306 e. The van der Waals surface area contributed by atoms with Gasteiger partial charge in [0.1, 0.15) is 5.82 Å². The average Bonchev–Trinajstić information content (AvgIpc) is 2.35. The molecule has 92 valence electrons. The Labute approximate surface area is 115 Å². The number of hydrogen-bond acceptors (Lipinski definition) is 4. The zero-order valence-electron chi connectivity index (χ0n) is 9.31. The predicted molar refractivity (Wildman–Crippen MR) is 74.4 cm³/mol. The predicted octanol–water partition coefficient (Wildman–Crippen LogP) is 2.26. The standard InChI is InChI=1S/C11H8IN3O3/c1-6-9(12)11(16)14-10(13-6)7-2-4-8(5-3-7)15(17)18/h2-5H,1H3,(H,13,14,16). The van der Waals surface area contributed by atoms with E-state index in [2.05, 4.69) is 9.97 Å². The Kier molecular flexibility index (Phi) is 3.41. The molecule has 2 aromatic rings. The van der Waals surface area contributed by atoms with E-state index in [-0.39, 0.29) is 11.2 Å². The second-order valence-electron chi connectivity index (χ2n) is 3.62. The number of rotatable bonds is 2. The minimum Gasteiger partial charge on any atom is -0.306 e. The molecule has 0 aliphatic rings. The molecular formula is C11H8IN3O3. The van der Waals surface area contributed by atoms with Crippen molar-refractivity contribution < 1.29 is 4.92 Å². The van der Waals surface area contributed by atoms with Crippen molar-refractivity contribution in [2.45, 2.75) is 6.92 Å². The first-order valence-corrected chi connectivity index (χ1v) is 6.08. The van der Waals surface area contributed by atoms with Gasteiger partial charge in [0, 0.05) is 17.7 Å². The van der Waals surface area contributed by atoms with Crippen LogP contribution in [0.15, 0.2) is 29.1 Å². The van der Waals surface area contributed by atoms with E-state index in [1.165, 1.54) is 12.1 Å². The van der Waals surface area contributed by atoms with Crippen molar-refractivity contribution >= 4 is 28.3 Å². The molecule has 18 heavy (non-hydrogen) atoms. The molecule has 6 nitrogen and oxygen atoms in total. The molecular weight excluding hydrogens is 349 g/mol. The van der Waals surface area contributed by atoms with E-state index in [4.69, 9.17) is 0 Å². The van der Waals surface area contributed by atoms with Crippen LogP contribution >= 0.6 is 22.6 Å². The van der Waals surface area contributed by atoms with Crippen molar-refractivity contribution in [3.05, 3.63) is 54.0 Å². The Morgan fingerprint density at radius 3 is 2.44 bits per heavy atom. The van der Waals surface area contributed by atoms with E-state index in [1.807, 2.05) is 22.6 Å². The van der Waals surface area contributed by atoms with Crippen LogP contribution in [-0.4, -0.2) is 14.9 Å². The van der Waals surface area contributed by atoms with Crippen LogP contribution in [0.25, 0.3) is 11.4 Å². The highest BCUT2D eigenvalue weighted by Gasteiger charge is 2.09. The lowest BCUT2D eigenvalue weighted by molar-refractivity contribution is -0.384. The third-order valence-electron chi connectivity index (χ3n) is 2.38. The second kappa shape index (κ2) is 4.84. The molecule has 1 heterocycles. The molecule has 0 amide bonds. The lowest BCUT2D eigenvalue weighted by atomic mass is 10.2. The summed E-state index contributed by atoms with van der Waals surface area (Å²) in [4.78, 5) is 28.5. The molecule has 0 saturated carbocycles. The molecule has 0 spiro atoms. The molecule has 2 rings (SSSR count). The van der Waals surface area contributed by atoms with E-state index in [1.54, 1.807) is 19.1 Å². The maximum Gasteiger partial charge on any atom is 0.269 e. The zero-order chi connectivity index (χ0) is 13.3. The maximum atomic E-state index is 11.6. The first-order chi connectivity index (χ1) is 8.49. The van der Waals surface area contributed by atoms with E-state index in [0.717, 1.165) is 0 Å². The molecule has 0 saturated heterocycles. The molecule has 0 aliphatic heterocycles. The number of nitro benzene ring substituents is 1. The normalized spacial score (nSPS) is 10.3. The van der Waals surface area contributed by atoms with E-state index >= 15 is 0 Å². The fraction of sp³-hybridized carbons (Fsp3) is 0.0909. The van der Waals surface area contributed by atoms with Crippen LogP contribution in [-0.2, 0) is 0 Å². The number of aryl methyl sites for hydroxylation is 1. The zero-order valence-corrected chi connectivity index (χ0v) is 11.5. The van der Waals surface area contributed by atoms with Crippen molar-refractivity contribution in [2.24, 2.45) is 0 Å². The summed E-state index contributed by atoms with van der Waals surface area (Å²) in [5, 5.41) is 10.5. The van der Waals surface area contributed by atoms with Gasteiger partial charge in [-0.25, -0.2) is 4.98 Å². The quantitative estimate of drug-likeness (QED) is 0.507. The summed E-state index contributed by atoms with van der Waals surface area (Å²) in [5.74, 6) is 0.410. The van der Waals surface area contributed by atoms with Gasteiger partial charge in [0.15, 0.2) is 0 Å². The Hall–Kier alpha value is -1.77. The van der Waals surface area contributed by atoms with Gasteiger partial charge in [-0.2, -0.15) is 0 Å². The maximum absolute atomic E-state index is 11.6. The number of nitro groups is 1. The number of halogens is 1. The van der Waals surface area contributed by atoms with Gasteiger partial charge in [-0.15, -0.1) is 0 Å². The topological polar surface area (TPSA) is 88.9 Å². The van der Waals surface area contributed by atoms with Gasteiger partial charge >= 0.3 is 0 Å². The summed E-state index contributed by atoms with van der Waals surface area (Å²) >= 11 is 1.92. The number of aromatic nitrogens is 2. The van der Waals surface area contributed by atoms with Gasteiger partial charge < -0.3 is 4.98 Å². The van der Waals surface area contributed by atoms with E-state index < -0.39 is 4.92 Å². The highest BCUT2D eigenvalue weighted by molar-refractivity contribution is 14.1. The van der Waals surface area contributed by atoms with Crippen LogP contribution in [0.1, 0.15) is 5.69 Å². The van der Waals surface area contributed by atoms with Gasteiger partial charge in [0.2, 0.25) is 0 Å². The summed E-state index contributed by atoms with van der Waals surface area (Å²) in [6.07, 6.45) is 0. The van der Waals surface area contributed by atoms with Crippen LogP contribution in [0.3, 0.4) is 0 Å². The summed E-state index contributed by atoms with van der Waals surface area (Å²) in [6, 6.07) is 5.87. The number of hydrogen-bond donors (Lipinski definition) is 1. The molecule has 1 aromatic heterocycles. The van der Waals surface area contributed by atoms with Crippen LogP contribution in [0.5, 0.6) is 0 Å². The first-order valence-electron chi connectivity index (χ1n) is 5.00. The second-order valence-corrected chi connectivity index (χ2v) is 4.70. The van der Waals surface area contributed by atoms with Crippen LogP contribution in [0, 0.1) is 20.6 Å².